The largest absolute Gasteiger partial charge is 0.491 e. The molecular weight excluding hydrogens is 236 g/mol. The van der Waals surface area contributed by atoms with E-state index in [1.807, 2.05) is 6.07 Å². The summed E-state index contributed by atoms with van der Waals surface area (Å²) in [4.78, 5) is 2.47. The van der Waals surface area contributed by atoms with E-state index in [1.165, 1.54) is 12.1 Å². The van der Waals surface area contributed by atoms with Crippen molar-refractivity contribution in [1.82, 2.24) is 5.32 Å². The van der Waals surface area contributed by atoms with Crippen LogP contribution in [0.2, 0.25) is 0 Å². The quantitative estimate of drug-likeness (QED) is 0.853. The zero-order chi connectivity index (χ0) is 13.7. The Morgan fingerprint density at radius 3 is 3.00 bits per heavy atom. The molecule has 1 heterocycles. The van der Waals surface area contributed by atoms with Crippen LogP contribution in [0.25, 0.3) is 0 Å². The molecule has 1 unspecified atom stereocenters. The van der Waals surface area contributed by atoms with Crippen LogP contribution in [0.4, 0.5) is 5.69 Å². The number of anilines is 1. The third-order valence-corrected chi connectivity index (χ3v) is 3.52. The van der Waals surface area contributed by atoms with Gasteiger partial charge < -0.3 is 15.0 Å². The van der Waals surface area contributed by atoms with E-state index in [9.17, 15) is 0 Å². The van der Waals surface area contributed by atoms with Gasteiger partial charge in [0.1, 0.15) is 5.75 Å². The summed E-state index contributed by atoms with van der Waals surface area (Å²) in [6, 6.07) is 8.47. The van der Waals surface area contributed by atoms with E-state index >= 15 is 0 Å². The number of nitrogens with one attached hydrogen (secondary N) is 1. The second-order valence-corrected chi connectivity index (χ2v) is 5.57. The molecule has 1 fully saturated rings. The van der Waals surface area contributed by atoms with Crippen molar-refractivity contribution in [2.45, 2.75) is 33.3 Å². The van der Waals surface area contributed by atoms with Gasteiger partial charge in [-0.2, -0.15) is 0 Å². The Morgan fingerprint density at radius 1 is 1.42 bits per heavy atom. The number of nitrogens with zero attached hydrogens (tertiary/aromatic N) is 1. The second-order valence-electron chi connectivity index (χ2n) is 5.57. The highest BCUT2D eigenvalue weighted by molar-refractivity contribution is 5.51. The minimum atomic E-state index is 0.232. The van der Waals surface area contributed by atoms with Crippen molar-refractivity contribution in [3.8, 4) is 5.75 Å². The third-order valence-electron chi connectivity index (χ3n) is 3.52. The first-order valence-electron chi connectivity index (χ1n) is 7.41. The number of ether oxygens (including phenoxy) is 1. The van der Waals surface area contributed by atoms with Crippen LogP contribution in [0.3, 0.4) is 0 Å². The predicted molar refractivity (Wildman–Crippen MR) is 81.1 cm³/mol. The lowest BCUT2D eigenvalue weighted by atomic mass is 10.1. The van der Waals surface area contributed by atoms with Gasteiger partial charge in [-0.3, -0.25) is 0 Å². The molecule has 3 nitrogen and oxygen atoms in total. The first-order valence-corrected chi connectivity index (χ1v) is 7.41. The summed E-state index contributed by atoms with van der Waals surface area (Å²) >= 11 is 0. The van der Waals surface area contributed by atoms with Gasteiger partial charge in [0.25, 0.3) is 0 Å². The molecule has 0 bridgehead atoms. The maximum absolute atomic E-state index is 5.77. The molecule has 1 aromatic rings. The van der Waals surface area contributed by atoms with Crippen LogP contribution in [0, 0.1) is 5.92 Å². The third kappa shape index (κ3) is 4.13. The lowest BCUT2D eigenvalue weighted by molar-refractivity contribution is 0.242. The Morgan fingerprint density at radius 2 is 2.26 bits per heavy atom. The van der Waals surface area contributed by atoms with E-state index in [0.29, 0.717) is 0 Å². The number of benzene rings is 1. The summed E-state index contributed by atoms with van der Waals surface area (Å²) < 4.78 is 5.77. The van der Waals surface area contributed by atoms with Crippen molar-refractivity contribution in [3.05, 3.63) is 24.3 Å². The van der Waals surface area contributed by atoms with Gasteiger partial charge >= 0.3 is 0 Å². The van der Waals surface area contributed by atoms with E-state index in [4.69, 9.17) is 4.74 Å². The lowest BCUT2D eigenvalue weighted by Crippen LogP contribution is -2.26. The van der Waals surface area contributed by atoms with Crippen LogP contribution in [-0.4, -0.2) is 32.3 Å². The molecule has 19 heavy (non-hydrogen) atoms. The van der Waals surface area contributed by atoms with E-state index in [2.05, 4.69) is 49.2 Å². The minimum Gasteiger partial charge on any atom is -0.491 e. The van der Waals surface area contributed by atoms with Gasteiger partial charge in [-0.25, -0.2) is 0 Å². The Kier molecular flexibility index (Phi) is 5.08. The SMILES string of the molecule is CCNCC1CCN(c2cccc(OC(C)C)c2)C1. The van der Waals surface area contributed by atoms with Crippen LogP contribution in [-0.2, 0) is 0 Å². The lowest BCUT2D eigenvalue weighted by Gasteiger charge is -2.20. The van der Waals surface area contributed by atoms with Gasteiger partial charge in [-0.15, -0.1) is 0 Å². The van der Waals surface area contributed by atoms with Gasteiger partial charge in [0.2, 0.25) is 0 Å². The second kappa shape index (κ2) is 6.80. The number of hydrogen-bond acceptors (Lipinski definition) is 3. The van der Waals surface area contributed by atoms with Crippen LogP contribution in [0.15, 0.2) is 24.3 Å². The molecule has 0 spiro atoms. The molecule has 1 aliphatic rings. The average molecular weight is 262 g/mol. The van der Waals surface area contributed by atoms with Crippen molar-refractivity contribution in [3.63, 3.8) is 0 Å². The smallest absolute Gasteiger partial charge is 0.121 e. The topological polar surface area (TPSA) is 24.5 Å². The first kappa shape index (κ1) is 14.2. The fourth-order valence-electron chi connectivity index (χ4n) is 2.61. The van der Waals surface area contributed by atoms with E-state index in [-0.39, 0.29) is 6.10 Å². The maximum atomic E-state index is 5.77. The summed E-state index contributed by atoms with van der Waals surface area (Å²) in [6.07, 6.45) is 1.51. The van der Waals surface area contributed by atoms with Crippen LogP contribution < -0.4 is 15.0 Å². The summed E-state index contributed by atoms with van der Waals surface area (Å²) in [7, 11) is 0. The van der Waals surface area contributed by atoms with Crippen molar-refractivity contribution < 1.29 is 4.74 Å². The van der Waals surface area contributed by atoms with Gasteiger partial charge in [-0.1, -0.05) is 13.0 Å². The van der Waals surface area contributed by atoms with Crippen LogP contribution >= 0.6 is 0 Å². The average Bonchev–Trinajstić information content (AvgIpc) is 2.84. The zero-order valence-corrected chi connectivity index (χ0v) is 12.4. The maximum Gasteiger partial charge on any atom is 0.121 e. The highest BCUT2D eigenvalue weighted by Crippen LogP contribution is 2.27. The summed E-state index contributed by atoms with van der Waals surface area (Å²) in [5.74, 6) is 1.75. The monoisotopic (exact) mass is 262 g/mol. The predicted octanol–water partition coefficient (Wildman–Crippen LogP) is 2.91. The van der Waals surface area contributed by atoms with Crippen LogP contribution in [0.1, 0.15) is 27.2 Å². The van der Waals surface area contributed by atoms with E-state index < -0.39 is 0 Å². The molecule has 0 amide bonds. The Hall–Kier alpha value is -1.22. The Balaban J connectivity index is 1.95. The molecule has 0 aromatic heterocycles. The molecule has 1 saturated heterocycles. The van der Waals surface area contributed by atoms with Gasteiger partial charge in [-0.05, 0) is 51.4 Å². The van der Waals surface area contributed by atoms with Crippen molar-refractivity contribution in [1.29, 1.82) is 0 Å². The molecule has 1 aromatic carbocycles. The Labute approximate surface area is 116 Å². The van der Waals surface area contributed by atoms with Gasteiger partial charge in [0.15, 0.2) is 0 Å². The fourth-order valence-corrected chi connectivity index (χ4v) is 2.61. The fraction of sp³-hybridized carbons (Fsp3) is 0.625. The number of hydrogen-bond donors (Lipinski definition) is 1. The molecule has 3 heteroatoms. The minimum absolute atomic E-state index is 0.232. The summed E-state index contributed by atoms with van der Waals surface area (Å²) in [5, 5.41) is 3.45. The molecule has 1 N–H and O–H groups in total. The Bertz CT molecular complexity index is 392. The highest BCUT2D eigenvalue weighted by Gasteiger charge is 2.22. The highest BCUT2D eigenvalue weighted by atomic mass is 16.5. The molecule has 0 radical (unpaired) electrons. The standard InChI is InChI=1S/C16H26N2O/c1-4-17-11-14-8-9-18(12-14)15-6-5-7-16(10-15)19-13(2)3/h5-7,10,13-14,17H,4,8-9,11-12H2,1-3H3. The molecule has 1 aliphatic heterocycles. The molecule has 0 aliphatic carbocycles. The van der Waals surface area contributed by atoms with Crippen molar-refractivity contribution in [2.24, 2.45) is 5.92 Å². The van der Waals surface area contributed by atoms with Crippen LogP contribution in [0.5, 0.6) is 5.75 Å². The van der Waals surface area contributed by atoms with Crippen molar-refractivity contribution in [2.75, 3.05) is 31.1 Å². The number of rotatable bonds is 6. The van der Waals surface area contributed by atoms with E-state index in [1.54, 1.807) is 0 Å². The molecule has 0 saturated carbocycles. The molecule has 106 valence electrons. The summed E-state index contributed by atoms with van der Waals surface area (Å²) in [5.41, 5.74) is 1.29. The zero-order valence-electron chi connectivity index (χ0n) is 12.4. The summed E-state index contributed by atoms with van der Waals surface area (Å²) in [6.45, 7) is 10.8. The molecule has 2 rings (SSSR count). The van der Waals surface area contributed by atoms with Gasteiger partial charge in [0.05, 0.1) is 6.10 Å². The van der Waals surface area contributed by atoms with E-state index in [0.717, 1.165) is 37.8 Å². The normalized spacial score (nSPS) is 19.2. The first-order chi connectivity index (χ1) is 9.19. The molecule has 1 atom stereocenters. The van der Waals surface area contributed by atoms with Gasteiger partial charge in [0, 0.05) is 24.8 Å². The van der Waals surface area contributed by atoms with Crippen molar-refractivity contribution >= 4 is 5.69 Å². The molecular formula is C16H26N2O.